The van der Waals surface area contributed by atoms with Crippen LogP contribution in [0.2, 0.25) is 0 Å². The maximum absolute atomic E-state index is 10.9. The summed E-state index contributed by atoms with van der Waals surface area (Å²) in [4.78, 5) is 14.5. The van der Waals surface area contributed by atoms with Gasteiger partial charge in [-0.05, 0) is 19.9 Å². The highest BCUT2D eigenvalue weighted by molar-refractivity contribution is 5.56. The van der Waals surface area contributed by atoms with E-state index >= 15 is 0 Å². The molecule has 19 heavy (non-hydrogen) atoms. The van der Waals surface area contributed by atoms with Crippen LogP contribution in [-0.4, -0.2) is 40.9 Å². The summed E-state index contributed by atoms with van der Waals surface area (Å²) in [7, 11) is 1.55. The van der Waals surface area contributed by atoms with Crippen LogP contribution in [0.4, 0.5) is 11.5 Å². The molecule has 0 aliphatic carbocycles. The second-order valence-electron chi connectivity index (χ2n) is 4.67. The average molecular weight is 269 g/mol. The summed E-state index contributed by atoms with van der Waals surface area (Å²) >= 11 is 0. The SMILES string of the molecule is COCCC(C)(O)CNc1nc(C)ccc1[N+](=O)[O-]. The fourth-order valence-corrected chi connectivity index (χ4v) is 1.51. The first kappa shape index (κ1) is 15.3. The van der Waals surface area contributed by atoms with Crippen LogP contribution in [0.3, 0.4) is 0 Å². The zero-order valence-electron chi connectivity index (χ0n) is 11.3. The summed E-state index contributed by atoms with van der Waals surface area (Å²) in [6.45, 7) is 3.96. The monoisotopic (exact) mass is 269 g/mol. The number of aromatic nitrogens is 1. The van der Waals surface area contributed by atoms with E-state index < -0.39 is 10.5 Å². The number of hydrogen-bond acceptors (Lipinski definition) is 6. The van der Waals surface area contributed by atoms with Crippen molar-refractivity contribution in [3.63, 3.8) is 0 Å². The van der Waals surface area contributed by atoms with Crippen LogP contribution in [0, 0.1) is 17.0 Å². The number of methoxy groups -OCH3 is 1. The lowest BCUT2D eigenvalue weighted by Gasteiger charge is -2.23. The van der Waals surface area contributed by atoms with Crippen molar-refractivity contribution in [2.75, 3.05) is 25.6 Å². The van der Waals surface area contributed by atoms with Gasteiger partial charge in [0, 0.05) is 38.4 Å². The van der Waals surface area contributed by atoms with Crippen LogP contribution < -0.4 is 5.32 Å². The Bertz CT molecular complexity index is 449. The van der Waals surface area contributed by atoms with Gasteiger partial charge in [-0.25, -0.2) is 4.98 Å². The van der Waals surface area contributed by atoms with E-state index in [2.05, 4.69) is 10.3 Å². The fourth-order valence-electron chi connectivity index (χ4n) is 1.51. The van der Waals surface area contributed by atoms with Crippen LogP contribution in [0.1, 0.15) is 19.0 Å². The van der Waals surface area contributed by atoms with Crippen molar-refractivity contribution in [2.24, 2.45) is 0 Å². The number of nitro groups is 1. The molecule has 1 heterocycles. The molecule has 0 aliphatic rings. The molecule has 1 atom stereocenters. The normalized spacial score (nSPS) is 13.9. The molecule has 2 N–H and O–H groups in total. The van der Waals surface area contributed by atoms with Gasteiger partial charge >= 0.3 is 5.69 Å². The molecule has 0 saturated heterocycles. The molecule has 0 bridgehead atoms. The van der Waals surface area contributed by atoms with Crippen LogP contribution >= 0.6 is 0 Å². The third-order valence-electron chi connectivity index (χ3n) is 2.69. The highest BCUT2D eigenvalue weighted by Gasteiger charge is 2.22. The lowest BCUT2D eigenvalue weighted by Crippen LogP contribution is -2.35. The number of hydrogen-bond donors (Lipinski definition) is 2. The molecular weight excluding hydrogens is 250 g/mol. The predicted octanol–water partition coefficient (Wildman–Crippen LogP) is 1.50. The number of nitrogens with zero attached hydrogens (tertiary/aromatic N) is 2. The Labute approximate surface area is 111 Å². The summed E-state index contributed by atoms with van der Waals surface area (Å²) in [5.41, 5.74) is -0.451. The van der Waals surface area contributed by atoms with E-state index in [-0.39, 0.29) is 18.1 Å². The van der Waals surface area contributed by atoms with Gasteiger partial charge in [0.15, 0.2) is 0 Å². The summed E-state index contributed by atoms with van der Waals surface area (Å²) in [6, 6.07) is 2.97. The van der Waals surface area contributed by atoms with Gasteiger partial charge in [-0.3, -0.25) is 10.1 Å². The van der Waals surface area contributed by atoms with Crippen LogP contribution in [0.25, 0.3) is 0 Å². The molecule has 1 aromatic heterocycles. The molecule has 0 saturated carbocycles. The zero-order chi connectivity index (χ0) is 14.5. The molecule has 7 nitrogen and oxygen atoms in total. The fraction of sp³-hybridized carbons (Fsp3) is 0.583. The minimum absolute atomic E-state index is 0.104. The van der Waals surface area contributed by atoms with Crippen molar-refractivity contribution in [2.45, 2.75) is 25.9 Å². The van der Waals surface area contributed by atoms with Gasteiger partial charge in [-0.1, -0.05) is 0 Å². The predicted molar refractivity (Wildman–Crippen MR) is 71.2 cm³/mol. The summed E-state index contributed by atoms with van der Waals surface area (Å²) < 4.78 is 4.90. The van der Waals surface area contributed by atoms with Gasteiger partial charge < -0.3 is 15.2 Å². The van der Waals surface area contributed by atoms with Crippen molar-refractivity contribution in [1.29, 1.82) is 0 Å². The third-order valence-corrected chi connectivity index (χ3v) is 2.69. The first-order valence-corrected chi connectivity index (χ1v) is 5.93. The molecule has 0 aliphatic heterocycles. The van der Waals surface area contributed by atoms with Crippen molar-refractivity contribution in [3.8, 4) is 0 Å². The largest absolute Gasteiger partial charge is 0.388 e. The Hall–Kier alpha value is -1.73. The average Bonchev–Trinajstić information content (AvgIpc) is 2.34. The minimum Gasteiger partial charge on any atom is -0.388 e. The molecule has 0 spiro atoms. The van der Waals surface area contributed by atoms with Gasteiger partial charge in [0.05, 0.1) is 10.5 Å². The number of nitrogens with one attached hydrogen (secondary N) is 1. The Balaban J connectivity index is 2.76. The number of pyridine rings is 1. The molecule has 1 unspecified atom stereocenters. The van der Waals surface area contributed by atoms with E-state index in [0.717, 1.165) is 0 Å². The molecule has 0 fully saturated rings. The molecule has 0 radical (unpaired) electrons. The van der Waals surface area contributed by atoms with E-state index in [4.69, 9.17) is 4.74 Å². The highest BCUT2D eigenvalue weighted by Crippen LogP contribution is 2.23. The first-order valence-electron chi connectivity index (χ1n) is 5.93. The lowest BCUT2D eigenvalue weighted by atomic mass is 10.0. The standard InChI is InChI=1S/C12H19N3O4/c1-9-4-5-10(15(17)18)11(14-9)13-8-12(2,16)6-7-19-3/h4-5,16H,6-8H2,1-3H3,(H,13,14). The second-order valence-corrected chi connectivity index (χ2v) is 4.67. The molecule has 106 valence electrons. The van der Waals surface area contributed by atoms with E-state index in [0.29, 0.717) is 18.7 Å². The van der Waals surface area contributed by atoms with Crippen LogP contribution in [0.15, 0.2) is 12.1 Å². The molecular formula is C12H19N3O4. The number of ether oxygens (including phenoxy) is 1. The number of aliphatic hydroxyl groups is 1. The molecule has 1 rings (SSSR count). The van der Waals surface area contributed by atoms with Gasteiger partial charge in [0.2, 0.25) is 5.82 Å². The molecule has 7 heteroatoms. The van der Waals surface area contributed by atoms with Crippen molar-refractivity contribution in [3.05, 3.63) is 27.9 Å². The molecule has 0 aromatic carbocycles. The van der Waals surface area contributed by atoms with E-state index in [1.54, 1.807) is 27.0 Å². The van der Waals surface area contributed by atoms with Gasteiger partial charge in [-0.15, -0.1) is 0 Å². The topological polar surface area (TPSA) is 97.5 Å². The van der Waals surface area contributed by atoms with Gasteiger partial charge in [-0.2, -0.15) is 0 Å². The highest BCUT2D eigenvalue weighted by atomic mass is 16.6. The molecule has 1 aromatic rings. The van der Waals surface area contributed by atoms with Crippen LogP contribution in [0.5, 0.6) is 0 Å². The lowest BCUT2D eigenvalue weighted by molar-refractivity contribution is -0.384. The Morgan fingerprint density at radius 3 is 2.84 bits per heavy atom. The third kappa shape index (κ3) is 4.80. The van der Waals surface area contributed by atoms with E-state index in [1.807, 2.05) is 0 Å². The Kier molecular flexibility index (Phi) is 5.20. The number of anilines is 1. The number of rotatable bonds is 7. The van der Waals surface area contributed by atoms with E-state index in [1.165, 1.54) is 6.07 Å². The van der Waals surface area contributed by atoms with Crippen LogP contribution in [-0.2, 0) is 4.74 Å². The van der Waals surface area contributed by atoms with Gasteiger partial charge in [0.1, 0.15) is 0 Å². The maximum Gasteiger partial charge on any atom is 0.311 e. The summed E-state index contributed by atoms with van der Waals surface area (Å²) in [6.07, 6.45) is 0.427. The summed E-state index contributed by atoms with van der Waals surface area (Å²) in [5, 5.41) is 23.8. The number of aryl methyl sites for hydroxylation is 1. The first-order chi connectivity index (χ1) is 8.85. The van der Waals surface area contributed by atoms with Crippen molar-refractivity contribution < 1.29 is 14.8 Å². The summed E-state index contributed by atoms with van der Waals surface area (Å²) in [5.74, 6) is 0.169. The Morgan fingerprint density at radius 1 is 1.58 bits per heavy atom. The van der Waals surface area contributed by atoms with Crippen molar-refractivity contribution >= 4 is 11.5 Å². The van der Waals surface area contributed by atoms with Gasteiger partial charge in [0.25, 0.3) is 0 Å². The second kappa shape index (κ2) is 6.44. The van der Waals surface area contributed by atoms with Crippen molar-refractivity contribution in [1.82, 2.24) is 4.98 Å². The molecule has 0 amide bonds. The smallest absolute Gasteiger partial charge is 0.311 e. The quantitative estimate of drug-likeness (QED) is 0.575. The Morgan fingerprint density at radius 2 is 2.26 bits per heavy atom. The minimum atomic E-state index is -1.02. The zero-order valence-corrected chi connectivity index (χ0v) is 11.3. The van der Waals surface area contributed by atoms with E-state index in [9.17, 15) is 15.2 Å². The maximum atomic E-state index is 10.9.